The average Bonchev–Trinajstić information content (AvgIpc) is 2.74. The van der Waals surface area contributed by atoms with Gasteiger partial charge in [0, 0.05) is 28.4 Å². The molecule has 74 valence electrons. The van der Waals surface area contributed by atoms with Crippen LogP contribution in [0.15, 0.2) is 48.0 Å². The summed E-state index contributed by atoms with van der Waals surface area (Å²) in [5.74, 6) is 1.07. The molecule has 0 fully saturated rings. The van der Waals surface area contributed by atoms with Gasteiger partial charge in [-0.15, -0.1) is 11.8 Å². The fourth-order valence-corrected chi connectivity index (χ4v) is 2.52. The van der Waals surface area contributed by atoms with Gasteiger partial charge in [-0.3, -0.25) is 0 Å². The van der Waals surface area contributed by atoms with Crippen molar-refractivity contribution in [2.75, 3.05) is 5.75 Å². The Labute approximate surface area is 92.9 Å². The molecule has 0 bridgehead atoms. The van der Waals surface area contributed by atoms with Gasteiger partial charge in [0.25, 0.3) is 0 Å². The molecule has 1 N–H and O–H groups in total. The van der Waals surface area contributed by atoms with E-state index in [1.54, 1.807) is 0 Å². The predicted octanol–water partition coefficient (Wildman–Crippen LogP) is 3.81. The number of rotatable bonds is 1. The Morgan fingerprint density at radius 3 is 3.00 bits per heavy atom. The van der Waals surface area contributed by atoms with Gasteiger partial charge in [0.15, 0.2) is 0 Å². The summed E-state index contributed by atoms with van der Waals surface area (Å²) in [6.07, 6.45) is 6.56. The van der Waals surface area contributed by atoms with Crippen molar-refractivity contribution in [3.63, 3.8) is 0 Å². The molecule has 2 heteroatoms. The first-order chi connectivity index (χ1) is 7.45. The highest BCUT2D eigenvalue weighted by atomic mass is 32.2. The smallest absolute Gasteiger partial charge is 0.0460 e. The molecule has 1 nitrogen and oxygen atoms in total. The SMILES string of the molecule is C1=CC(c2c[nH]c3ccccc23)=CCS1. The maximum atomic E-state index is 3.30. The summed E-state index contributed by atoms with van der Waals surface area (Å²) in [4.78, 5) is 3.30. The third-order valence-corrected chi connectivity index (χ3v) is 3.33. The zero-order chi connectivity index (χ0) is 10.1. The molecule has 0 radical (unpaired) electrons. The molecule has 0 unspecified atom stereocenters. The van der Waals surface area contributed by atoms with Crippen LogP contribution in [0.5, 0.6) is 0 Å². The number of thioether (sulfide) groups is 1. The summed E-state index contributed by atoms with van der Waals surface area (Å²) in [5, 5.41) is 3.47. The minimum atomic E-state index is 1.07. The molecule has 0 saturated heterocycles. The van der Waals surface area contributed by atoms with E-state index in [0.717, 1.165) is 5.75 Å². The van der Waals surface area contributed by atoms with Crippen molar-refractivity contribution >= 4 is 28.2 Å². The molecule has 2 heterocycles. The summed E-state index contributed by atoms with van der Waals surface area (Å²) in [6.45, 7) is 0. The third-order valence-electron chi connectivity index (χ3n) is 2.64. The number of aromatic nitrogens is 1. The predicted molar refractivity (Wildman–Crippen MR) is 67.9 cm³/mol. The normalized spacial score (nSPS) is 15.6. The Hall–Kier alpha value is -1.41. The largest absolute Gasteiger partial charge is 0.361 e. The average molecular weight is 213 g/mol. The second-order valence-electron chi connectivity index (χ2n) is 3.54. The van der Waals surface area contributed by atoms with Crippen LogP contribution < -0.4 is 0 Å². The van der Waals surface area contributed by atoms with Crippen molar-refractivity contribution in [3.05, 3.63) is 53.6 Å². The van der Waals surface area contributed by atoms with Gasteiger partial charge in [-0.25, -0.2) is 0 Å². The number of hydrogen-bond acceptors (Lipinski definition) is 1. The van der Waals surface area contributed by atoms with Crippen LogP contribution in [-0.2, 0) is 0 Å². The molecule has 0 atom stereocenters. The molecule has 1 aliphatic rings. The van der Waals surface area contributed by atoms with Gasteiger partial charge in [0.1, 0.15) is 0 Å². The lowest BCUT2D eigenvalue weighted by Gasteiger charge is -2.04. The lowest BCUT2D eigenvalue weighted by atomic mass is 10.1. The first-order valence-electron chi connectivity index (χ1n) is 5.00. The maximum absolute atomic E-state index is 3.30. The highest BCUT2D eigenvalue weighted by Gasteiger charge is 2.06. The number of allylic oxidation sites excluding steroid dienone is 2. The van der Waals surface area contributed by atoms with Gasteiger partial charge in [-0.1, -0.05) is 24.3 Å². The quantitative estimate of drug-likeness (QED) is 0.761. The zero-order valence-electron chi connectivity index (χ0n) is 8.23. The number of fused-ring (bicyclic) bond motifs is 1. The van der Waals surface area contributed by atoms with Crippen LogP contribution in [0.3, 0.4) is 0 Å². The van der Waals surface area contributed by atoms with E-state index in [1.807, 2.05) is 11.8 Å². The molecule has 0 aliphatic carbocycles. The van der Waals surface area contributed by atoms with Gasteiger partial charge in [0.2, 0.25) is 0 Å². The van der Waals surface area contributed by atoms with Crippen molar-refractivity contribution < 1.29 is 0 Å². The van der Waals surface area contributed by atoms with E-state index in [1.165, 1.54) is 22.0 Å². The van der Waals surface area contributed by atoms with Crippen LogP contribution in [0.1, 0.15) is 5.56 Å². The first-order valence-corrected chi connectivity index (χ1v) is 6.05. The van der Waals surface area contributed by atoms with E-state index in [4.69, 9.17) is 0 Å². The van der Waals surface area contributed by atoms with Crippen LogP contribution in [0.25, 0.3) is 16.5 Å². The molecule has 2 aromatic rings. The van der Waals surface area contributed by atoms with Crippen molar-refractivity contribution in [1.29, 1.82) is 0 Å². The van der Waals surface area contributed by atoms with Gasteiger partial charge >= 0.3 is 0 Å². The summed E-state index contributed by atoms with van der Waals surface area (Å²) in [6, 6.07) is 8.42. The van der Waals surface area contributed by atoms with Crippen LogP contribution >= 0.6 is 11.8 Å². The standard InChI is InChI=1S/C13H11NS/c1-2-4-13-11(3-1)12(9-14-13)10-5-7-15-8-6-10/h1-7,9,14H,8H2. The van der Waals surface area contributed by atoms with Crippen LogP contribution in [0.2, 0.25) is 0 Å². The number of hydrogen-bond donors (Lipinski definition) is 1. The van der Waals surface area contributed by atoms with E-state index < -0.39 is 0 Å². The van der Waals surface area contributed by atoms with Gasteiger partial charge in [0.05, 0.1) is 0 Å². The molecule has 0 amide bonds. The van der Waals surface area contributed by atoms with Crippen LogP contribution in [-0.4, -0.2) is 10.7 Å². The summed E-state index contributed by atoms with van der Waals surface area (Å²) < 4.78 is 0. The fraction of sp³-hybridized carbons (Fsp3) is 0.0769. The molecule has 1 aromatic heterocycles. The molecule has 15 heavy (non-hydrogen) atoms. The highest BCUT2D eigenvalue weighted by molar-refractivity contribution is 8.02. The number of benzene rings is 1. The van der Waals surface area contributed by atoms with Gasteiger partial charge in [-0.2, -0.15) is 0 Å². The summed E-state index contributed by atoms with van der Waals surface area (Å²) in [5.41, 5.74) is 3.84. The Bertz CT molecular complexity index is 548. The van der Waals surface area contributed by atoms with E-state index in [0.29, 0.717) is 0 Å². The maximum Gasteiger partial charge on any atom is 0.0460 e. The Balaban J connectivity index is 2.19. The number of aromatic amines is 1. The van der Waals surface area contributed by atoms with E-state index in [-0.39, 0.29) is 0 Å². The molecule has 3 rings (SSSR count). The monoisotopic (exact) mass is 213 g/mol. The second-order valence-corrected chi connectivity index (χ2v) is 4.48. The summed E-state index contributed by atoms with van der Waals surface area (Å²) >= 11 is 1.83. The number of para-hydroxylation sites is 1. The minimum Gasteiger partial charge on any atom is -0.361 e. The van der Waals surface area contributed by atoms with E-state index >= 15 is 0 Å². The molecule has 1 aromatic carbocycles. The lowest BCUT2D eigenvalue weighted by molar-refractivity contribution is 1.46. The molecule has 0 spiro atoms. The van der Waals surface area contributed by atoms with Crippen molar-refractivity contribution in [2.24, 2.45) is 0 Å². The van der Waals surface area contributed by atoms with Gasteiger partial charge in [-0.05, 0) is 23.1 Å². The number of nitrogens with one attached hydrogen (secondary N) is 1. The minimum absolute atomic E-state index is 1.07. The molecule has 0 saturated carbocycles. The number of H-pyrrole nitrogens is 1. The van der Waals surface area contributed by atoms with Crippen molar-refractivity contribution in [1.82, 2.24) is 4.98 Å². The zero-order valence-corrected chi connectivity index (χ0v) is 9.05. The van der Waals surface area contributed by atoms with Gasteiger partial charge < -0.3 is 4.98 Å². The van der Waals surface area contributed by atoms with Crippen LogP contribution in [0.4, 0.5) is 0 Å². The lowest BCUT2D eigenvalue weighted by Crippen LogP contribution is -1.84. The summed E-state index contributed by atoms with van der Waals surface area (Å²) in [7, 11) is 0. The Kier molecular flexibility index (Phi) is 2.14. The molecule has 1 aliphatic heterocycles. The van der Waals surface area contributed by atoms with Crippen molar-refractivity contribution in [3.8, 4) is 0 Å². The van der Waals surface area contributed by atoms with Crippen molar-refractivity contribution in [2.45, 2.75) is 0 Å². The third kappa shape index (κ3) is 1.51. The first kappa shape index (κ1) is 8.86. The van der Waals surface area contributed by atoms with Crippen LogP contribution in [0, 0.1) is 0 Å². The van der Waals surface area contributed by atoms with E-state index in [9.17, 15) is 0 Å². The Morgan fingerprint density at radius 1 is 1.20 bits per heavy atom. The second kappa shape index (κ2) is 3.63. The topological polar surface area (TPSA) is 15.8 Å². The Morgan fingerprint density at radius 2 is 2.13 bits per heavy atom. The highest BCUT2D eigenvalue weighted by Crippen LogP contribution is 2.28. The molecular formula is C13H11NS. The molecular weight excluding hydrogens is 202 g/mol. The fourth-order valence-electron chi connectivity index (χ4n) is 1.89. The van der Waals surface area contributed by atoms with E-state index in [2.05, 4.69) is 53.0 Å².